The van der Waals surface area contributed by atoms with Gasteiger partial charge in [-0.25, -0.2) is 0 Å². The van der Waals surface area contributed by atoms with Crippen LogP contribution in [0, 0.1) is 5.92 Å². The van der Waals surface area contributed by atoms with E-state index < -0.39 is 0 Å². The molecule has 3 rings (SSSR count). The van der Waals surface area contributed by atoms with E-state index in [2.05, 4.69) is 17.1 Å². The van der Waals surface area contributed by atoms with Crippen molar-refractivity contribution in [3.63, 3.8) is 0 Å². The van der Waals surface area contributed by atoms with Crippen LogP contribution in [0.5, 0.6) is 0 Å². The first-order chi connectivity index (χ1) is 10.2. The highest BCUT2D eigenvalue weighted by atomic mass is 32.2. The van der Waals surface area contributed by atoms with Crippen molar-refractivity contribution in [2.45, 2.75) is 75.6 Å². The Bertz CT molecular complexity index is 351. The van der Waals surface area contributed by atoms with Crippen LogP contribution in [0.3, 0.4) is 0 Å². The number of hydrogen-bond donors (Lipinski definition) is 1. The first-order valence-corrected chi connectivity index (χ1v) is 9.95. The summed E-state index contributed by atoms with van der Waals surface area (Å²) in [6.07, 6.45) is 9.69. The number of fused-ring (bicyclic) bond motifs is 2. The summed E-state index contributed by atoms with van der Waals surface area (Å²) in [5.41, 5.74) is 0. The fraction of sp³-hybridized carbons (Fsp3) is 0.941. The molecule has 3 atom stereocenters. The lowest BCUT2D eigenvalue weighted by Gasteiger charge is -2.31. The van der Waals surface area contributed by atoms with E-state index in [0.717, 1.165) is 19.5 Å². The maximum atomic E-state index is 12.7. The van der Waals surface area contributed by atoms with E-state index in [9.17, 15) is 4.79 Å². The Morgan fingerprint density at radius 2 is 1.95 bits per heavy atom. The summed E-state index contributed by atoms with van der Waals surface area (Å²) in [6, 6.07) is 1.41. The molecule has 1 amide bonds. The van der Waals surface area contributed by atoms with Gasteiger partial charge in [-0.2, -0.15) is 11.8 Å². The molecular weight excluding hydrogens is 280 g/mol. The standard InChI is InChI=1S/C17H30N2OS/c1-2-21-16-5-3-4-8-19(12-16)17(20)11-13-9-14-6-7-15(10-13)18-14/h13-16,18H,2-12H2,1H3. The molecule has 0 aliphatic carbocycles. The normalized spacial score (nSPS) is 36.5. The molecule has 0 radical (unpaired) electrons. The van der Waals surface area contributed by atoms with Gasteiger partial charge in [-0.1, -0.05) is 13.3 Å². The number of rotatable bonds is 4. The topological polar surface area (TPSA) is 32.3 Å². The number of nitrogens with one attached hydrogen (secondary N) is 1. The van der Waals surface area contributed by atoms with Crippen LogP contribution < -0.4 is 5.32 Å². The van der Waals surface area contributed by atoms with Crippen LogP contribution in [0.2, 0.25) is 0 Å². The average molecular weight is 311 g/mol. The summed E-state index contributed by atoms with van der Waals surface area (Å²) >= 11 is 2.04. The molecule has 0 aromatic rings. The van der Waals surface area contributed by atoms with Gasteiger partial charge in [-0.3, -0.25) is 4.79 Å². The van der Waals surface area contributed by atoms with E-state index in [-0.39, 0.29) is 0 Å². The van der Waals surface area contributed by atoms with E-state index >= 15 is 0 Å². The van der Waals surface area contributed by atoms with Crippen molar-refractivity contribution < 1.29 is 4.79 Å². The van der Waals surface area contributed by atoms with Crippen molar-refractivity contribution in [3.05, 3.63) is 0 Å². The molecule has 2 bridgehead atoms. The number of piperidine rings is 1. The Balaban J connectivity index is 1.51. The molecule has 120 valence electrons. The highest BCUT2D eigenvalue weighted by Gasteiger charge is 2.35. The summed E-state index contributed by atoms with van der Waals surface area (Å²) < 4.78 is 0. The zero-order valence-corrected chi connectivity index (χ0v) is 14.2. The van der Waals surface area contributed by atoms with Crippen molar-refractivity contribution in [1.82, 2.24) is 10.2 Å². The zero-order valence-electron chi connectivity index (χ0n) is 13.4. The van der Waals surface area contributed by atoms with Gasteiger partial charge in [0.1, 0.15) is 0 Å². The summed E-state index contributed by atoms with van der Waals surface area (Å²) in [6.45, 7) is 4.22. The largest absolute Gasteiger partial charge is 0.342 e. The monoisotopic (exact) mass is 310 g/mol. The second kappa shape index (κ2) is 7.36. The summed E-state index contributed by atoms with van der Waals surface area (Å²) in [5.74, 6) is 2.24. The van der Waals surface area contributed by atoms with Crippen LogP contribution in [-0.2, 0) is 4.79 Å². The smallest absolute Gasteiger partial charge is 0.222 e. The molecule has 0 aromatic heterocycles. The van der Waals surface area contributed by atoms with Crippen LogP contribution in [0.25, 0.3) is 0 Å². The molecule has 0 aromatic carbocycles. The summed E-state index contributed by atoms with van der Waals surface area (Å²) in [5, 5.41) is 4.35. The van der Waals surface area contributed by atoms with E-state index in [1.807, 2.05) is 11.8 Å². The number of nitrogens with zero attached hydrogens (tertiary/aromatic N) is 1. The maximum absolute atomic E-state index is 12.7. The quantitative estimate of drug-likeness (QED) is 0.866. The number of likely N-dealkylation sites (tertiary alicyclic amines) is 1. The minimum absolute atomic E-state index is 0.435. The average Bonchev–Trinajstić information content (AvgIpc) is 2.68. The molecule has 3 unspecified atom stereocenters. The summed E-state index contributed by atoms with van der Waals surface area (Å²) in [7, 11) is 0. The Kier molecular flexibility index (Phi) is 5.49. The second-order valence-electron chi connectivity index (χ2n) is 7.09. The molecule has 3 fully saturated rings. The number of hydrogen-bond acceptors (Lipinski definition) is 3. The number of thioether (sulfide) groups is 1. The predicted octanol–water partition coefficient (Wildman–Crippen LogP) is 3.04. The predicted molar refractivity (Wildman–Crippen MR) is 89.6 cm³/mol. The van der Waals surface area contributed by atoms with E-state index in [1.54, 1.807) is 0 Å². The van der Waals surface area contributed by atoms with Gasteiger partial charge in [0.2, 0.25) is 5.91 Å². The van der Waals surface area contributed by atoms with Crippen molar-refractivity contribution in [1.29, 1.82) is 0 Å². The Morgan fingerprint density at radius 3 is 2.67 bits per heavy atom. The lowest BCUT2D eigenvalue weighted by atomic mass is 9.89. The van der Waals surface area contributed by atoms with Gasteiger partial charge >= 0.3 is 0 Å². The third kappa shape index (κ3) is 4.16. The zero-order chi connectivity index (χ0) is 14.7. The molecule has 3 aliphatic heterocycles. The van der Waals surface area contributed by atoms with Crippen LogP contribution >= 0.6 is 11.8 Å². The maximum Gasteiger partial charge on any atom is 0.222 e. The Morgan fingerprint density at radius 1 is 1.19 bits per heavy atom. The Labute approximate surface area is 133 Å². The van der Waals surface area contributed by atoms with Crippen molar-refractivity contribution in [3.8, 4) is 0 Å². The summed E-state index contributed by atoms with van der Waals surface area (Å²) in [4.78, 5) is 14.9. The molecular formula is C17H30N2OS. The Hall–Kier alpha value is -0.220. The fourth-order valence-electron chi connectivity index (χ4n) is 4.42. The molecule has 3 nitrogen and oxygen atoms in total. The van der Waals surface area contributed by atoms with E-state index in [4.69, 9.17) is 0 Å². The van der Waals surface area contributed by atoms with Gasteiger partial charge < -0.3 is 10.2 Å². The first-order valence-electron chi connectivity index (χ1n) is 8.90. The molecule has 1 N–H and O–H groups in total. The molecule has 3 saturated heterocycles. The van der Waals surface area contributed by atoms with Crippen LogP contribution in [0.4, 0.5) is 0 Å². The third-order valence-corrected chi connectivity index (χ3v) is 6.61. The van der Waals surface area contributed by atoms with Gasteiger partial charge in [0.15, 0.2) is 0 Å². The van der Waals surface area contributed by atoms with Crippen molar-refractivity contribution in [2.75, 3.05) is 18.8 Å². The minimum atomic E-state index is 0.435. The number of carbonyl (C=O) groups is 1. The molecule has 21 heavy (non-hydrogen) atoms. The van der Waals surface area contributed by atoms with E-state index in [1.165, 1.54) is 50.7 Å². The van der Waals surface area contributed by atoms with Crippen LogP contribution in [0.1, 0.15) is 58.3 Å². The van der Waals surface area contributed by atoms with Crippen LogP contribution in [0.15, 0.2) is 0 Å². The fourth-order valence-corrected chi connectivity index (χ4v) is 5.51. The molecule has 0 spiro atoms. The van der Waals surface area contributed by atoms with Gasteiger partial charge in [-0.05, 0) is 50.2 Å². The van der Waals surface area contributed by atoms with Gasteiger partial charge in [0.05, 0.1) is 0 Å². The van der Waals surface area contributed by atoms with Crippen LogP contribution in [-0.4, -0.2) is 47.0 Å². The molecule has 3 aliphatic rings. The third-order valence-electron chi connectivity index (χ3n) is 5.42. The van der Waals surface area contributed by atoms with Gasteiger partial charge in [0, 0.05) is 36.8 Å². The lowest BCUT2D eigenvalue weighted by molar-refractivity contribution is -0.132. The minimum Gasteiger partial charge on any atom is -0.342 e. The number of amides is 1. The van der Waals surface area contributed by atoms with E-state index in [0.29, 0.717) is 29.2 Å². The van der Waals surface area contributed by atoms with Gasteiger partial charge in [-0.15, -0.1) is 0 Å². The van der Waals surface area contributed by atoms with Gasteiger partial charge in [0.25, 0.3) is 0 Å². The van der Waals surface area contributed by atoms with Crippen molar-refractivity contribution >= 4 is 17.7 Å². The SMILES string of the molecule is CCSC1CCCCN(C(=O)CC2CC3CCC(C2)N3)C1. The number of carbonyl (C=O) groups excluding carboxylic acids is 1. The lowest BCUT2D eigenvalue weighted by Crippen LogP contribution is -2.41. The highest BCUT2D eigenvalue weighted by Crippen LogP contribution is 2.33. The second-order valence-corrected chi connectivity index (χ2v) is 8.67. The first kappa shape index (κ1) is 15.7. The highest BCUT2D eigenvalue weighted by molar-refractivity contribution is 7.99. The molecule has 3 heterocycles. The van der Waals surface area contributed by atoms with Crippen molar-refractivity contribution in [2.24, 2.45) is 5.92 Å². The molecule has 4 heteroatoms. The molecule has 0 saturated carbocycles.